The number of benzene rings is 2. The Balaban J connectivity index is 1.51. The highest BCUT2D eigenvalue weighted by Gasteiger charge is 2.44. The maximum atomic E-state index is 13.9. The van der Waals surface area contributed by atoms with Gasteiger partial charge in [-0.15, -0.1) is 0 Å². The monoisotopic (exact) mass is 472 g/mol. The summed E-state index contributed by atoms with van der Waals surface area (Å²) in [5, 5.41) is 1.08. The molecule has 1 saturated heterocycles. The van der Waals surface area contributed by atoms with Crippen LogP contribution in [0.1, 0.15) is 22.9 Å². The number of aromatic nitrogens is 1. The standard InChI is InChI=1S/C27H28N4O4/c1-3-24(32)31-21(27(33)30-12-10-29(2)11-13-30)15-19-18-6-4-5-7-20(18)28-25(19)26(31)17-8-9-22-23(14-17)35-16-34-22/h3-9,14,21,26,28H,1,10-13,15-16H2,2H3/t21-,26-/m0/s1. The average Bonchev–Trinajstić information content (AvgIpc) is 3.51. The Hall–Kier alpha value is -3.78. The zero-order valence-electron chi connectivity index (χ0n) is 19.7. The van der Waals surface area contributed by atoms with Gasteiger partial charge in [0.15, 0.2) is 11.5 Å². The van der Waals surface area contributed by atoms with Gasteiger partial charge in [-0.2, -0.15) is 0 Å². The second kappa shape index (κ2) is 8.46. The lowest BCUT2D eigenvalue weighted by Crippen LogP contribution is -2.58. The molecule has 35 heavy (non-hydrogen) atoms. The zero-order valence-corrected chi connectivity index (χ0v) is 19.7. The fourth-order valence-electron chi connectivity index (χ4n) is 5.53. The number of nitrogens with zero attached hydrogens (tertiary/aromatic N) is 3. The van der Waals surface area contributed by atoms with Crippen LogP contribution < -0.4 is 9.47 Å². The van der Waals surface area contributed by atoms with Crippen molar-refractivity contribution >= 4 is 22.7 Å². The lowest BCUT2D eigenvalue weighted by molar-refractivity contribution is -0.147. The smallest absolute Gasteiger partial charge is 0.247 e. The highest BCUT2D eigenvalue weighted by atomic mass is 16.7. The highest BCUT2D eigenvalue weighted by Crippen LogP contribution is 2.44. The van der Waals surface area contributed by atoms with Crippen molar-refractivity contribution in [2.45, 2.75) is 18.5 Å². The number of rotatable bonds is 3. The third-order valence-electron chi connectivity index (χ3n) is 7.37. The molecule has 1 aromatic heterocycles. The minimum atomic E-state index is -0.633. The van der Waals surface area contributed by atoms with E-state index in [4.69, 9.17) is 9.47 Å². The van der Waals surface area contributed by atoms with E-state index >= 15 is 0 Å². The van der Waals surface area contributed by atoms with Crippen molar-refractivity contribution in [3.8, 4) is 11.5 Å². The van der Waals surface area contributed by atoms with E-state index in [1.54, 1.807) is 4.90 Å². The highest BCUT2D eigenvalue weighted by molar-refractivity contribution is 5.96. The Morgan fingerprint density at radius 3 is 2.63 bits per heavy atom. The summed E-state index contributed by atoms with van der Waals surface area (Å²) < 4.78 is 11.2. The number of hydrogen-bond acceptors (Lipinski definition) is 5. The molecule has 2 atom stereocenters. The summed E-state index contributed by atoms with van der Waals surface area (Å²) in [7, 11) is 2.06. The molecule has 3 aliphatic rings. The number of aromatic amines is 1. The minimum absolute atomic E-state index is 0.0185. The van der Waals surface area contributed by atoms with Crippen molar-refractivity contribution in [1.82, 2.24) is 19.7 Å². The van der Waals surface area contributed by atoms with Crippen molar-refractivity contribution < 1.29 is 19.1 Å². The Morgan fingerprint density at radius 2 is 1.83 bits per heavy atom. The molecule has 4 heterocycles. The van der Waals surface area contributed by atoms with Crippen LogP contribution in [0.15, 0.2) is 55.1 Å². The summed E-state index contributed by atoms with van der Waals surface area (Å²) in [4.78, 5) is 36.7. The Morgan fingerprint density at radius 1 is 1.06 bits per heavy atom. The number of hydrogen-bond donors (Lipinski definition) is 1. The lowest BCUT2D eigenvalue weighted by Gasteiger charge is -2.44. The molecule has 0 radical (unpaired) electrons. The number of likely N-dealkylation sites (N-methyl/N-ethyl adjacent to an activating group) is 1. The van der Waals surface area contributed by atoms with Gasteiger partial charge in [0.2, 0.25) is 18.6 Å². The van der Waals surface area contributed by atoms with Crippen LogP contribution in [-0.4, -0.2) is 77.6 Å². The fraction of sp³-hybridized carbons (Fsp3) is 0.333. The molecule has 8 heteroatoms. The van der Waals surface area contributed by atoms with Gasteiger partial charge in [-0.25, -0.2) is 0 Å². The van der Waals surface area contributed by atoms with E-state index in [0.29, 0.717) is 31.0 Å². The Kier molecular flexibility index (Phi) is 5.25. The molecule has 1 fully saturated rings. The van der Waals surface area contributed by atoms with Crippen LogP contribution in [0.5, 0.6) is 11.5 Å². The molecular weight excluding hydrogens is 444 g/mol. The van der Waals surface area contributed by atoms with Crippen LogP contribution in [0.4, 0.5) is 0 Å². The number of ether oxygens (including phenoxy) is 2. The van der Waals surface area contributed by atoms with Crippen LogP contribution in [-0.2, 0) is 16.0 Å². The number of nitrogens with one attached hydrogen (secondary N) is 1. The van der Waals surface area contributed by atoms with E-state index in [1.165, 1.54) is 6.08 Å². The van der Waals surface area contributed by atoms with E-state index in [-0.39, 0.29) is 18.6 Å². The molecule has 0 aliphatic carbocycles. The summed E-state index contributed by atoms with van der Waals surface area (Å²) in [6, 6.07) is 12.7. The van der Waals surface area contributed by atoms with Crippen molar-refractivity contribution in [2.75, 3.05) is 40.0 Å². The summed E-state index contributed by atoms with van der Waals surface area (Å²) in [5.41, 5.74) is 3.83. The van der Waals surface area contributed by atoms with Crippen molar-refractivity contribution in [2.24, 2.45) is 0 Å². The van der Waals surface area contributed by atoms with Gasteiger partial charge in [-0.1, -0.05) is 30.8 Å². The Labute approximate surface area is 203 Å². The summed E-state index contributed by atoms with van der Waals surface area (Å²) in [6.07, 6.45) is 1.75. The molecule has 8 nitrogen and oxygen atoms in total. The molecule has 6 rings (SSSR count). The van der Waals surface area contributed by atoms with Gasteiger partial charge in [0.1, 0.15) is 6.04 Å². The SMILES string of the molecule is C=CC(=O)N1[C@@H](c2ccc3c(c2)OCO3)c2[nH]c3ccccc3c2C[C@H]1C(=O)N1CCN(C)CC1. The van der Waals surface area contributed by atoms with E-state index in [1.807, 2.05) is 41.3 Å². The second-order valence-corrected chi connectivity index (χ2v) is 9.38. The topological polar surface area (TPSA) is 78.1 Å². The first-order chi connectivity index (χ1) is 17.0. The number of piperazine rings is 1. The normalized spacial score (nSPS) is 21.7. The lowest BCUT2D eigenvalue weighted by atomic mass is 9.87. The van der Waals surface area contributed by atoms with Crippen molar-refractivity contribution in [1.29, 1.82) is 0 Å². The van der Waals surface area contributed by atoms with Crippen LogP contribution in [0.2, 0.25) is 0 Å². The van der Waals surface area contributed by atoms with Gasteiger partial charge in [-0.05, 0) is 42.4 Å². The van der Waals surface area contributed by atoms with E-state index in [0.717, 1.165) is 40.8 Å². The maximum absolute atomic E-state index is 13.9. The number of para-hydroxylation sites is 1. The van der Waals surface area contributed by atoms with E-state index in [2.05, 4.69) is 29.6 Å². The number of carbonyl (C=O) groups excluding carboxylic acids is 2. The second-order valence-electron chi connectivity index (χ2n) is 9.38. The predicted octanol–water partition coefficient (Wildman–Crippen LogP) is 2.70. The van der Waals surface area contributed by atoms with Gasteiger partial charge in [0.25, 0.3) is 0 Å². The number of carbonyl (C=O) groups is 2. The molecule has 0 unspecified atom stereocenters. The third kappa shape index (κ3) is 3.56. The van der Waals surface area contributed by atoms with Gasteiger partial charge in [0.05, 0.1) is 6.04 Å². The molecular formula is C27H28N4O4. The molecule has 3 aromatic rings. The molecule has 1 N–H and O–H groups in total. The first kappa shape index (κ1) is 21.7. The van der Waals surface area contributed by atoms with Crippen LogP contribution in [0.25, 0.3) is 10.9 Å². The first-order valence-electron chi connectivity index (χ1n) is 12.0. The van der Waals surface area contributed by atoms with E-state index in [9.17, 15) is 9.59 Å². The number of fused-ring (bicyclic) bond motifs is 4. The van der Waals surface area contributed by atoms with Gasteiger partial charge in [0, 0.05) is 49.2 Å². The summed E-state index contributed by atoms with van der Waals surface area (Å²) in [5.74, 6) is 1.02. The van der Waals surface area contributed by atoms with Gasteiger partial charge in [-0.3, -0.25) is 9.59 Å². The molecule has 0 bridgehead atoms. The van der Waals surface area contributed by atoms with E-state index < -0.39 is 12.1 Å². The predicted molar refractivity (Wildman–Crippen MR) is 131 cm³/mol. The first-order valence-corrected chi connectivity index (χ1v) is 12.0. The summed E-state index contributed by atoms with van der Waals surface area (Å²) in [6.45, 7) is 6.86. The number of amides is 2. The third-order valence-corrected chi connectivity index (χ3v) is 7.37. The fourth-order valence-corrected chi connectivity index (χ4v) is 5.53. The van der Waals surface area contributed by atoms with Crippen molar-refractivity contribution in [3.05, 3.63) is 71.9 Å². The zero-order chi connectivity index (χ0) is 24.1. The number of H-pyrrole nitrogens is 1. The molecule has 180 valence electrons. The van der Waals surface area contributed by atoms with Crippen LogP contribution in [0, 0.1) is 0 Å². The molecule has 2 amide bonds. The van der Waals surface area contributed by atoms with Crippen molar-refractivity contribution in [3.63, 3.8) is 0 Å². The molecule has 0 saturated carbocycles. The van der Waals surface area contributed by atoms with Gasteiger partial charge >= 0.3 is 0 Å². The minimum Gasteiger partial charge on any atom is -0.454 e. The largest absolute Gasteiger partial charge is 0.454 e. The van der Waals surface area contributed by atoms with Crippen LogP contribution in [0.3, 0.4) is 0 Å². The van der Waals surface area contributed by atoms with Gasteiger partial charge < -0.3 is 29.2 Å². The quantitative estimate of drug-likeness (QED) is 0.593. The Bertz CT molecular complexity index is 1320. The van der Waals surface area contributed by atoms with Crippen LogP contribution >= 0.6 is 0 Å². The average molecular weight is 473 g/mol. The summed E-state index contributed by atoms with van der Waals surface area (Å²) >= 11 is 0. The molecule has 3 aliphatic heterocycles. The molecule has 2 aromatic carbocycles. The maximum Gasteiger partial charge on any atom is 0.247 e. The molecule has 0 spiro atoms.